The summed E-state index contributed by atoms with van der Waals surface area (Å²) in [5.41, 5.74) is 1.24. The van der Waals surface area contributed by atoms with Crippen LogP contribution in [0.1, 0.15) is 11.1 Å². The van der Waals surface area contributed by atoms with E-state index in [-0.39, 0.29) is 5.56 Å². The van der Waals surface area contributed by atoms with Crippen LogP contribution in [0, 0.1) is 17.5 Å². The third-order valence-electron chi connectivity index (χ3n) is 2.64. The van der Waals surface area contributed by atoms with Gasteiger partial charge in [0, 0.05) is 0 Å². The van der Waals surface area contributed by atoms with Crippen LogP contribution >= 0.6 is 0 Å². The third kappa shape index (κ3) is 2.67. The van der Waals surface area contributed by atoms with Crippen LogP contribution in [0.15, 0.2) is 42.5 Å². The van der Waals surface area contributed by atoms with Gasteiger partial charge in [0.15, 0.2) is 17.5 Å². The van der Waals surface area contributed by atoms with Gasteiger partial charge in [-0.1, -0.05) is 36.4 Å². The summed E-state index contributed by atoms with van der Waals surface area (Å²) in [6.07, 6.45) is 0.954. The smallest absolute Gasteiger partial charge is 0.194 e. The largest absolute Gasteiger partial charge is 0.204 e. The van der Waals surface area contributed by atoms with Gasteiger partial charge in [0.1, 0.15) is 0 Å². The molecule has 0 atom stereocenters. The normalized spacial score (nSPS) is 10.5. The summed E-state index contributed by atoms with van der Waals surface area (Å²) < 4.78 is 39.0. The molecular formula is C14H11F3. The lowest BCUT2D eigenvalue weighted by atomic mass is 10.0. The molecular weight excluding hydrogens is 225 g/mol. The molecule has 0 heterocycles. The molecule has 0 saturated carbocycles. The minimum absolute atomic E-state index is 0.202. The molecule has 0 nitrogen and oxygen atoms in total. The van der Waals surface area contributed by atoms with Crippen LogP contribution in [-0.2, 0) is 12.8 Å². The Labute approximate surface area is 97.7 Å². The maximum absolute atomic E-state index is 13.4. The van der Waals surface area contributed by atoms with E-state index in [9.17, 15) is 13.2 Å². The predicted molar refractivity (Wildman–Crippen MR) is 60.2 cm³/mol. The van der Waals surface area contributed by atoms with E-state index < -0.39 is 17.5 Å². The van der Waals surface area contributed by atoms with Gasteiger partial charge >= 0.3 is 0 Å². The molecule has 2 rings (SSSR count). The lowest BCUT2D eigenvalue weighted by Gasteiger charge is -2.04. The zero-order valence-corrected chi connectivity index (χ0v) is 9.09. The summed E-state index contributed by atoms with van der Waals surface area (Å²) in [6, 6.07) is 11.7. The Hall–Kier alpha value is -1.77. The van der Waals surface area contributed by atoms with E-state index in [1.54, 1.807) is 0 Å². The fraction of sp³-hybridized carbons (Fsp3) is 0.143. The molecule has 3 heteroatoms. The van der Waals surface area contributed by atoms with Gasteiger partial charge in [0.05, 0.1) is 0 Å². The van der Waals surface area contributed by atoms with Crippen LogP contribution in [0.4, 0.5) is 13.2 Å². The van der Waals surface area contributed by atoms with Crippen molar-refractivity contribution in [2.75, 3.05) is 0 Å². The molecule has 0 unspecified atom stereocenters. The first-order valence-corrected chi connectivity index (χ1v) is 5.35. The van der Waals surface area contributed by atoms with Crippen molar-refractivity contribution in [2.45, 2.75) is 12.8 Å². The van der Waals surface area contributed by atoms with Gasteiger partial charge in [0.25, 0.3) is 0 Å². The molecule has 0 spiro atoms. The molecule has 0 N–H and O–H groups in total. The monoisotopic (exact) mass is 236 g/mol. The highest BCUT2D eigenvalue weighted by atomic mass is 19.2. The summed E-state index contributed by atoms with van der Waals surface area (Å²) in [4.78, 5) is 0. The first-order chi connectivity index (χ1) is 8.18. The lowest BCUT2D eigenvalue weighted by Crippen LogP contribution is -1.99. The zero-order chi connectivity index (χ0) is 12.3. The fourth-order valence-corrected chi connectivity index (χ4v) is 1.68. The quantitative estimate of drug-likeness (QED) is 0.709. The van der Waals surface area contributed by atoms with Crippen LogP contribution in [0.2, 0.25) is 0 Å². The van der Waals surface area contributed by atoms with E-state index in [2.05, 4.69) is 0 Å². The van der Waals surface area contributed by atoms with Crippen LogP contribution in [0.3, 0.4) is 0 Å². The van der Waals surface area contributed by atoms with Gasteiger partial charge in [-0.05, 0) is 30.0 Å². The lowest BCUT2D eigenvalue weighted by molar-refractivity contribution is 0.441. The Bertz CT molecular complexity index is 506. The summed E-state index contributed by atoms with van der Waals surface area (Å²) in [5, 5.41) is 0. The number of rotatable bonds is 3. The van der Waals surface area contributed by atoms with Crippen LogP contribution < -0.4 is 0 Å². The summed E-state index contributed by atoms with van der Waals surface area (Å²) in [5.74, 6) is -3.62. The highest BCUT2D eigenvalue weighted by Gasteiger charge is 2.12. The second kappa shape index (κ2) is 5.04. The molecule has 2 aromatic rings. The molecule has 17 heavy (non-hydrogen) atoms. The summed E-state index contributed by atoms with van der Waals surface area (Å²) in [6.45, 7) is 0. The minimum Gasteiger partial charge on any atom is -0.204 e. The van der Waals surface area contributed by atoms with Gasteiger partial charge in [0.2, 0.25) is 0 Å². The average Bonchev–Trinajstić information content (AvgIpc) is 2.36. The van der Waals surface area contributed by atoms with Crippen molar-refractivity contribution in [1.82, 2.24) is 0 Å². The molecule has 0 fully saturated rings. The second-order valence-electron chi connectivity index (χ2n) is 3.82. The van der Waals surface area contributed by atoms with Gasteiger partial charge in [-0.3, -0.25) is 0 Å². The zero-order valence-electron chi connectivity index (χ0n) is 9.09. The second-order valence-corrected chi connectivity index (χ2v) is 3.82. The molecule has 0 saturated heterocycles. The van der Waals surface area contributed by atoms with Crippen molar-refractivity contribution in [2.24, 2.45) is 0 Å². The molecule has 0 aliphatic carbocycles. The van der Waals surface area contributed by atoms with Crippen molar-refractivity contribution in [3.05, 3.63) is 71.0 Å². The van der Waals surface area contributed by atoms with Crippen molar-refractivity contribution >= 4 is 0 Å². The SMILES string of the molecule is Fc1ccc(CCc2ccccc2)c(F)c1F. The first-order valence-electron chi connectivity index (χ1n) is 5.35. The molecule has 0 aliphatic rings. The van der Waals surface area contributed by atoms with Crippen molar-refractivity contribution in [3.63, 3.8) is 0 Å². The van der Waals surface area contributed by atoms with Gasteiger partial charge < -0.3 is 0 Å². The molecule has 0 bridgehead atoms. The number of hydrogen-bond acceptors (Lipinski definition) is 0. The Morgan fingerprint density at radius 1 is 0.706 bits per heavy atom. The number of aryl methyl sites for hydroxylation is 2. The first kappa shape index (κ1) is 11.7. The number of hydrogen-bond donors (Lipinski definition) is 0. The van der Waals surface area contributed by atoms with E-state index in [0.29, 0.717) is 12.8 Å². The maximum atomic E-state index is 13.4. The van der Waals surface area contributed by atoms with Gasteiger partial charge in [-0.15, -0.1) is 0 Å². The minimum atomic E-state index is -1.39. The number of benzene rings is 2. The van der Waals surface area contributed by atoms with Gasteiger partial charge in [-0.2, -0.15) is 0 Å². The molecule has 0 radical (unpaired) electrons. The van der Waals surface area contributed by atoms with Crippen LogP contribution in [-0.4, -0.2) is 0 Å². The Kier molecular flexibility index (Phi) is 3.47. The van der Waals surface area contributed by atoms with E-state index in [1.165, 1.54) is 6.07 Å². The molecule has 2 aromatic carbocycles. The van der Waals surface area contributed by atoms with E-state index in [4.69, 9.17) is 0 Å². The van der Waals surface area contributed by atoms with Crippen molar-refractivity contribution in [3.8, 4) is 0 Å². The standard InChI is InChI=1S/C14H11F3/c15-12-9-8-11(13(16)14(12)17)7-6-10-4-2-1-3-5-10/h1-5,8-9H,6-7H2. The Balaban J connectivity index is 2.13. The van der Waals surface area contributed by atoms with E-state index >= 15 is 0 Å². The van der Waals surface area contributed by atoms with Crippen LogP contribution in [0.5, 0.6) is 0 Å². The Morgan fingerprint density at radius 3 is 2.12 bits per heavy atom. The summed E-state index contributed by atoms with van der Waals surface area (Å²) in [7, 11) is 0. The van der Waals surface area contributed by atoms with Crippen LogP contribution in [0.25, 0.3) is 0 Å². The van der Waals surface area contributed by atoms with Crippen molar-refractivity contribution in [1.29, 1.82) is 0 Å². The van der Waals surface area contributed by atoms with E-state index in [0.717, 1.165) is 11.6 Å². The highest BCUT2D eigenvalue weighted by molar-refractivity contribution is 5.23. The molecule has 0 amide bonds. The third-order valence-corrected chi connectivity index (χ3v) is 2.64. The predicted octanol–water partition coefficient (Wildman–Crippen LogP) is 3.89. The van der Waals surface area contributed by atoms with Gasteiger partial charge in [-0.25, -0.2) is 13.2 Å². The van der Waals surface area contributed by atoms with Crippen molar-refractivity contribution < 1.29 is 13.2 Å². The molecule has 88 valence electrons. The van der Waals surface area contributed by atoms with E-state index in [1.807, 2.05) is 30.3 Å². The molecule has 0 aliphatic heterocycles. The molecule has 0 aromatic heterocycles. The highest BCUT2D eigenvalue weighted by Crippen LogP contribution is 2.17. The fourth-order valence-electron chi connectivity index (χ4n) is 1.68. The maximum Gasteiger partial charge on any atom is 0.194 e. The topological polar surface area (TPSA) is 0 Å². The average molecular weight is 236 g/mol. The summed E-state index contributed by atoms with van der Waals surface area (Å²) >= 11 is 0. The Morgan fingerprint density at radius 2 is 1.41 bits per heavy atom. The number of halogens is 3.